The Balaban J connectivity index is 2.08. The van der Waals surface area contributed by atoms with Gasteiger partial charge >= 0.3 is 0 Å². The molecule has 3 aromatic rings. The van der Waals surface area contributed by atoms with Crippen molar-refractivity contribution < 1.29 is 4.79 Å². The number of carbonyl (C=O) groups excluding carboxylic acids is 1. The Morgan fingerprint density at radius 2 is 2.14 bits per heavy atom. The molecular weight excluding hydrogens is 284 g/mol. The van der Waals surface area contributed by atoms with Gasteiger partial charge in [0.05, 0.1) is 5.52 Å². The van der Waals surface area contributed by atoms with Crippen molar-refractivity contribution in [1.29, 1.82) is 0 Å². The minimum absolute atomic E-state index is 0.149. The van der Waals surface area contributed by atoms with Crippen LogP contribution in [0, 0.1) is 0 Å². The van der Waals surface area contributed by atoms with Gasteiger partial charge in [-0.2, -0.15) is 0 Å². The van der Waals surface area contributed by atoms with Crippen LogP contribution in [0.4, 0.5) is 5.13 Å². The molecule has 1 N–H and O–H groups in total. The molecule has 21 heavy (non-hydrogen) atoms. The summed E-state index contributed by atoms with van der Waals surface area (Å²) in [5.74, 6) is 0.631. The Morgan fingerprint density at radius 1 is 1.33 bits per heavy atom. The zero-order valence-corrected chi connectivity index (χ0v) is 12.9. The number of amides is 1. The molecule has 0 spiro atoms. The number of carbonyl (C=O) groups is 1. The van der Waals surface area contributed by atoms with Crippen molar-refractivity contribution in [3.05, 3.63) is 47.5 Å². The van der Waals surface area contributed by atoms with E-state index in [0.717, 1.165) is 11.3 Å². The summed E-state index contributed by atoms with van der Waals surface area (Å²) in [4.78, 5) is 21.1. The molecule has 108 valence electrons. The molecule has 0 aromatic carbocycles. The second-order valence-corrected chi connectivity index (χ2v) is 6.68. The monoisotopic (exact) mass is 300 g/mol. The number of hydrogen-bond acceptors (Lipinski definition) is 4. The fourth-order valence-electron chi connectivity index (χ4n) is 2.18. The van der Waals surface area contributed by atoms with E-state index in [-0.39, 0.29) is 11.3 Å². The van der Waals surface area contributed by atoms with Crippen LogP contribution in [0.5, 0.6) is 0 Å². The van der Waals surface area contributed by atoms with Crippen LogP contribution < -0.4 is 5.32 Å². The predicted octanol–water partition coefficient (Wildman–Crippen LogP) is 3.34. The smallest absolute Gasteiger partial charge is 0.278 e. The van der Waals surface area contributed by atoms with E-state index in [1.54, 1.807) is 6.20 Å². The first-order valence-corrected chi connectivity index (χ1v) is 7.53. The molecule has 5 nitrogen and oxygen atoms in total. The first-order chi connectivity index (χ1) is 9.97. The number of imidazole rings is 1. The molecule has 0 atom stereocenters. The molecule has 1 amide bonds. The zero-order valence-electron chi connectivity index (χ0n) is 12.1. The van der Waals surface area contributed by atoms with Crippen LogP contribution in [-0.2, 0) is 5.41 Å². The van der Waals surface area contributed by atoms with Crippen molar-refractivity contribution in [3.8, 4) is 0 Å². The van der Waals surface area contributed by atoms with Gasteiger partial charge < -0.3 is 4.40 Å². The van der Waals surface area contributed by atoms with Crippen LogP contribution in [0.1, 0.15) is 37.1 Å². The van der Waals surface area contributed by atoms with Crippen LogP contribution in [0.2, 0.25) is 0 Å². The van der Waals surface area contributed by atoms with E-state index in [9.17, 15) is 4.79 Å². The molecule has 6 heteroatoms. The topological polar surface area (TPSA) is 59.3 Å². The molecule has 0 fully saturated rings. The van der Waals surface area contributed by atoms with Gasteiger partial charge in [0, 0.05) is 23.2 Å². The van der Waals surface area contributed by atoms with Crippen LogP contribution >= 0.6 is 11.3 Å². The predicted molar refractivity (Wildman–Crippen MR) is 84.0 cm³/mol. The highest BCUT2D eigenvalue weighted by molar-refractivity contribution is 7.13. The second-order valence-electron chi connectivity index (χ2n) is 5.78. The molecule has 0 aliphatic rings. The molecule has 3 heterocycles. The molecule has 0 aliphatic heterocycles. The number of anilines is 1. The van der Waals surface area contributed by atoms with Crippen molar-refractivity contribution in [1.82, 2.24) is 14.4 Å². The Bertz CT molecular complexity index is 784. The summed E-state index contributed by atoms with van der Waals surface area (Å²) >= 11 is 1.39. The Morgan fingerprint density at radius 3 is 2.81 bits per heavy atom. The summed E-state index contributed by atoms with van der Waals surface area (Å²) in [6.45, 7) is 6.24. The standard InChI is InChI=1S/C15H16N4OS/c1-15(2,3)13-17-11(10-6-4-5-8-19(10)13)12(20)18-14-16-7-9-21-14/h4-9H,1-3H3,(H,16,18,20). The molecule has 3 aromatic heterocycles. The van der Waals surface area contributed by atoms with Crippen molar-refractivity contribution in [2.45, 2.75) is 26.2 Å². The van der Waals surface area contributed by atoms with E-state index in [2.05, 4.69) is 36.1 Å². The Kier molecular flexibility index (Phi) is 3.25. The van der Waals surface area contributed by atoms with E-state index < -0.39 is 0 Å². The van der Waals surface area contributed by atoms with Crippen LogP contribution in [-0.4, -0.2) is 20.3 Å². The minimum atomic E-state index is -0.232. The van der Waals surface area contributed by atoms with Crippen molar-refractivity contribution in [3.63, 3.8) is 0 Å². The number of nitrogens with zero attached hydrogens (tertiary/aromatic N) is 3. The fourth-order valence-corrected chi connectivity index (χ4v) is 2.70. The van der Waals surface area contributed by atoms with E-state index >= 15 is 0 Å². The lowest BCUT2D eigenvalue weighted by Gasteiger charge is -2.16. The highest BCUT2D eigenvalue weighted by Gasteiger charge is 2.25. The van der Waals surface area contributed by atoms with Gasteiger partial charge in [0.25, 0.3) is 5.91 Å². The summed E-state index contributed by atoms with van der Waals surface area (Å²) in [5.41, 5.74) is 1.08. The van der Waals surface area contributed by atoms with Gasteiger partial charge in [-0.1, -0.05) is 26.8 Å². The largest absolute Gasteiger partial charge is 0.302 e. The maximum Gasteiger partial charge on any atom is 0.278 e. The van der Waals surface area contributed by atoms with E-state index in [1.807, 2.05) is 34.2 Å². The third-order valence-electron chi connectivity index (χ3n) is 3.09. The molecule has 0 bridgehead atoms. The van der Waals surface area contributed by atoms with Gasteiger partial charge in [-0.05, 0) is 12.1 Å². The third kappa shape index (κ3) is 2.54. The lowest BCUT2D eigenvalue weighted by atomic mass is 9.96. The number of hydrogen-bond donors (Lipinski definition) is 1. The number of thiazole rings is 1. The van der Waals surface area contributed by atoms with Gasteiger partial charge in [-0.15, -0.1) is 11.3 Å². The summed E-state index contributed by atoms with van der Waals surface area (Å²) in [7, 11) is 0. The summed E-state index contributed by atoms with van der Waals surface area (Å²) in [6, 6.07) is 5.75. The van der Waals surface area contributed by atoms with Gasteiger partial charge in [0.1, 0.15) is 5.82 Å². The number of nitrogens with one attached hydrogen (secondary N) is 1. The van der Waals surface area contributed by atoms with Crippen molar-refractivity contribution >= 4 is 27.9 Å². The fraction of sp³-hybridized carbons (Fsp3) is 0.267. The second kappa shape index (κ2) is 4.96. The van der Waals surface area contributed by atoms with E-state index in [0.29, 0.717) is 10.8 Å². The molecule has 0 radical (unpaired) electrons. The molecule has 3 rings (SSSR count). The average Bonchev–Trinajstić information content (AvgIpc) is 3.04. The minimum Gasteiger partial charge on any atom is -0.302 e. The highest BCUT2D eigenvalue weighted by Crippen LogP contribution is 2.25. The number of rotatable bonds is 2. The zero-order chi connectivity index (χ0) is 15.0. The molecule has 0 saturated heterocycles. The lowest BCUT2D eigenvalue weighted by Crippen LogP contribution is -2.16. The molecule has 0 saturated carbocycles. The maximum atomic E-state index is 12.4. The normalized spacial score (nSPS) is 11.8. The first kappa shape index (κ1) is 13.8. The van der Waals surface area contributed by atoms with Gasteiger partial charge in [-0.25, -0.2) is 9.97 Å². The van der Waals surface area contributed by atoms with Gasteiger partial charge in [0.15, 0.2) is 10.8 Å². The summed E-state index contributed by atoms with van der Waals surface area (Å²) in [6.07, 6.45) is 3.59. The average molecular weight is 300 g/mol. The first-order valence-electron chi connectivity index (χ1n) is 6.65. The summed E-state index contributed by atoms with van der Waals surface area (Å²) < 4.78 is 1.97. The SMILES string of the molecule is CC(C)(C)c1nc(C(=O)Nc2nccs2)c2ccccn12. The van der Waals surface area contributed by atoms with Gasteiger partial charge in [-0.3, -0.25) is 10.1 Å². The third-order valence-corrected chi connectivity index (χ3v) is 3.78. The van der Waals surface area contributed by atoms with E-state index in [4.69, 9.17) is 0 Å². The number of aromatic nitrogens is 3. The van der Waals surface area contributed by atoms with E-state index in [1.165, 1.54) is 11.3 Å². The lowest BCUT2D eigenvalue weighted by molar-refractivity contribution is 0.102. The van der Waals surface area contributed by atoms with Crippen molar-refractivity contribution in [2.24, 2.45) is 0 Å². The van der Waals surface area contributed by atoms with Gasteiger partial charge in [0.2, 0.25) is 0 Å². The number of fused-ring (bicyclic) bond motifs is 1. The Labute approximate surface area is 126 Å². The highest BCUT2D eigenvalue weighted by atomic mass is 32.1. The molecule has 0 aliphatic carbocycles. The van der Waals surface area contributed by atoms with Crippen molar-refractivity contribution in [2.75, 3.05) is 5.32 Å². The Hall–Kier alpha value is -2.21. The van der Waals surface area contributed by atoms with Crippen LogP contribution in [0.3, 0.4) is 0 Å². The summed E-state index contributed by atoms with van der Waals surface area (Å²) in [5, 5.41) is 5.19. The molecule has 0 unspecified atom stereocenters. The molecular formula is C15H16N4OS. The number of pyridine rings is 1. The van der Waals surface area contributed by atoms with Crippen LogP contribution in [0.25, 0.3) is 5.52 Å². The maximum absolute atomic E-state index is 12.4. The van der Waals surface area contributed by atoms with Crippen LogP contribution in [0.15, 0.2) is 36.0 Å². The quantitative estimate of drug-likeness (QED) is 0.789.